The monoisotopic (exact) mass is 482 g/mol. The number of rotatable bonds is 12. The summed E-state index contributed by atoms with van der Waals surface area (Å²) in [6.07, 6.45) is -0.989. The fraction of sp³-hybridized carbons (Fsp3) is 0.364. The Kier molecular flexibility index (Phi) is 9.84. The van der Waals surface area contributed by atoms with Gasteiger partial charge in [-0.15, -0.1) is 5.92 Å². The number of hydrogen-bond donors (Lipinski definition) is 0. The zero-order valence-corrected chi connectivity index (χ0v) is 19.7. The molecule has 0 radical (unpaired) electrons. The van der Waals surface area contributed by atoms with Crippen LogP contribution in [0.15, 0.2) is 58.3 Å². The summed E-state index contributed by atoms with van der Waals surface area (Å²) in [5.41, 5.74) is 1.86. The molecule has 0 saturated carbocycles. The smallest absolute Gasteiger partial charge is 0.297 e. The molecule has 2 aromatic carbocycles. The molecule has 0 fully saturated rings. The van der Waals surface area contributed by atoms with E-state index in [1.54, 1.807) is 31.2 Å². The number of benzene rings is 2. The largest absolute Gasteiger partial charge is 0.340 e. The van der Waals surface area contributed by atoms with Gasteiger partial charge in [-0.05, 0) is 51.0 Å². The van der Waals surface area contributed by atoms with Crippen LogP contribution in [0.25, 0.3) is 0 Å². The van der Waals surface area contributed by atoms with E-state index in [0.29, 0.717) is 0 Å². The minimum atomic E-state index is -3.90. The molecular formula is C22H26O8S2. The molecule has 8 nitrogen and oxygen atoms in total. The lowest BCUT2D eigenvalue weighted by atomic mass is 10.2. The van der Waals surface area contributed by atoms with Crippen molar-refractivity contribution in [1.29, 1.82) is 0 Å². The van der Waals surface area contributed by atoms with Crippen LogP contribution >= 0.6 is 0 Å². The maximum Gasteiger partial charge on any atom is 0.297 e. The molecule has 2 rings (SSSR count). The Bertz CT molecular complexity index is 1040. The first kappa shape index (κ1) is 26.0. The minimum absolute atomic E-state index is 0.0520. The second kappa shape index (κ2) is 12.1. The third kappa shape index (κ3) is 8.35. The van der Waals surface area contributed by atoms with Gasteiger partial charge >= 0.3 is 0 Å². The summed E-state index contributed by atoms with van der Waals surface area (Å²) in [5.74, 6) is 5.28. The first-order valence-electron chi connectivity index (χ1n) is 9.72. The van der Waals surface area contributed by atoms with Crippen LogP contribution < -0.4 is 0 Å². The van der Waals surface area contributed by atoms with Crippen molar-refractivity contribution < 1.29 is 34.7 Å². The topological polar surface area (TPSA) is 105 Å². The van der Waals surface area contributed by atoms with E-state index in [9.17, 15) is 16.8 Å². The molecule has 0 atom stereocenters. The molecule has 0 saturated heterocycles. The predicted molar refractivity (Wildman–Crippen MR) is 118 cm³/mol. The van der Waals surface area contributed by atoms with Gasteiger partial charge in [0.15, 0.2) is 0 Å². The molecule has 0 unspecified atom stereocenters. The maximum atomic E-state index is 12.1. The Morgan fingerprint density at radius 1 is 0.688 bits per heavy atom. The fourth-order valence-electron chi connectivity index (χ4n) is 2.39. The molecule has 32 heavy (non-hydrogen) atoms. The summed E-state index contributed by atoms with van der Waals surface area (Å²) >= 11 is 0. The van der Waals surface area contributed by atoms with Gasteiger partial charge in [-0.25, -0.2) is 0 Å². The van der Waals surface area contributed by atoms with Gasteiger partial charge in [-0.3, -0.25) is 8.37 Å². The van der Waals surface area contributed by atoms with Gasteiger partial charge < -0.3 is 9.47 Å². The van der Waals surface area contributed by atoms with Crippen molar-refractivity contribution in [2.45, 2.75) is 36.9 Å². The van der Waals surface area contributed by atoms with Crippen molar-refractivity contribution in [2.75, 3.05) is 26.4 Å². The standard InChI is InChI=1S/C22H26O8S2/c1-4-5-22(27-14-16-29-31(23,24)20-10-6-18(2)7-11-20)28-15-17-30-32(25,26)21-12-8-19(3)9-13-21/h6-13,22H,14-17H2,1-3H3. The lowest BCUT2D eigenvalue weighted by Crippen LogP contribution is -2.22. The quantitative estimate of drug-likeness (QED) is 0.197. The van der Waals surface area contributed by atoms with E-state index in [2.05, 4.69) is 11.8 Å². The van der Waals surface area contributed by atoms with Crippen molar-refractivity contribution in [2.24, 2.45) is 0 Å². The second-order valence-corrected chi connectivity index (χ2v) is 9.88. The average molecular weight is 483 g/mol. The summed E-state index contributed by atoms with van der Waals surface area (Å²) in [5, 5.41) is 0. The zero-order valence-electron chi connectivity index (χ0n) is 18.1. The van der Waals surface area contributed by atoms with Crippen molar-refractivity contribution in [3.05, 3.63) is 59.7 Å². The molecule has 0 bridgehead atoms. The first-order chi connectivity index (χ1) is 15.1. The van der Waals surface area contributed by atoms with Gasteiger partial charge in [0, 0.05) is 0 Å². The highest BCUT2D eigenvalue weighted by molar-refractivity contribution is 7.87. The van der Waals surface area contributed by atoms with Crippen LogP contribution in [0.5, 0.6) is 0 Å². The highest BCUT2D eigenvalue weighted by Crippen LogP contribution is 2.14. The summed E-state index contributed by atoms with van der Waals surface area (Å²) in [6, 6.07) is 12.6. The molecule has 0 aliphatic heterocycles. The van der Waals surface area contributed by atoms with Gasteiger partial charge in [0.1, 0.15) is 0 Å². The summed E-state index contributed by atoms with van der Waals surface area (Å²) in [7, 11) is -7.79. The molecule has 0 amide bonds. The van der Waals surface area contributed by atoms with Crippen LogP contribution in [0.1, 0.15) is 18.1 Å². The highest BCUT2D eigenvalue weighted by atomic mass is 32.2. The second-order valence-electron chi connectivity index (χ2n) is 6.65. The molecular weight excluding hydrogens is 456 g/mol. The van der Waals surface area contributed by atoms with Crippen LogP contribution in [0, 0.1) is 25.7 Å². The maximum absolute atomic E-state index is 12.1. The molecule has 10 heteroatoms. The van der Waals surface area contributed by atoms with Crippen molar-refractivity contribution >= 4 is 20.2 Å². The highest BCUT2D eigenvalue weighted by Gasteiger charge is 2.17. The van der Waals surface area contributed by atoms with Crippen molar-refractivity contribution in [3.63, 3.8) is 0 Å². The van der Waals surface area contributed by atoms with E-state index < -0.39 is 26.5 Å². The summed E-state index contributed by atoms with van der Waals surface area (Å²) < 4.78 is 69.2. The molecule has 2 aromatic rings. The number of aryl methyl sites for hydroxylation is 2. The third-order valence-corrected chi connectivity index (χ3v) is 6.72. The SMILES string of the molecule is CC#CC(OCCOS(=O)(=O)c1ccc(C)cc1)OCCOS(=O)(=O)c1ccc(C)cc1. The van der Waals surface area contributed by atoms with Gasteiger partial charge in [0.25, 0.3) is 20.2 Å². The van der Waals surface area contributed by atoms with E-state index in [-0.39, 0.29) is 36.2 Å². The number of ether oxygens (including phenoxy) is 2. The molecule has 174 valence electrons. The summed E-state index contributed by atoms with van der Waals surface area (Å²) in [6.45, 7) is 4.60. The summed E-state index contributed by atoms with van der Waals surface area (Å²) in [4.78, 5) is 0.104. The predicted octanol–water partition coefficient (Wildman–Crippen LogP) is 2.80. The molecule has 0 aliphatic carbocycles. The van der Waals surface area contributed by atoms with Gasteiger partial charge in [0.2, 0.25) is 6.29 Å². The van der Waals surface area contributed by atoms with Crippen molar-refractivity contribution in [1.82, 2.24) is 0 Å². The van der Waals surface area contributed by atoms with E-state index in [4.69, 9.17) is 17.8 Å². The minimum Gasteiger partial charge on any atom is -0.340 e. The first-order valence-corrected chi connectivity index (χ1v) is 12.5. The lowest BCUT2D eigenvalue weighted by Gasteiger charge is -2.14. The number of hydrogen-bond acceptors (Lipinski definition) is 8. The van der Waals surface area contributed by atoms with E-state index in [1.165, 1.54) is 24.3 Å². The molecule has 0 N–H and O–H groups in total. The molecule has 0 spiro atoms. The van der Waals surface area contributed by atoms with Crippen molar-refractivity contribution in [3.8, 4) is 11.8 Å². The Morgan fingerprint density at radius 3 is 1.41 bits per heavy atom. The lowest BCUT2D eigenvalue weighted by molar-refractivity contribution is -0.114. The Balaban J connectivity index is 1.76. The molecule has 0 aromatic heterocycles. The fourth-order valence-corrected chi connectivity index (χ4v) is 4.18. The molecule has 0 aliphatic rings. The zero-order chi connectivity index (χ0) is 23.6. The third-order valence-electron chi connectivity index (χ3n) is 4.06. The molecule has 0 heterocycles. The van der Waals surface area contributed by atoms with E-state index >= 15 is 0 Å². The average Bonchev–Trinajstić information content (AvgIpc) is 2.74. The van der Waals surface area contributed by atoms with Crippen LogP contribution in [0.4, 0.5) is 0 Å². The normalized spacial score (nSPS) is 11.9. The Labute approximate surface area is 189 Å². The Morgan fingerprint density at radius 2 is 1.06 bits per heavy atom. The van der Waals surface area contributed by atoms with Gasteiger partial charge in [-0.1, -0.05) is 35.4 Å². The van der Waals surface area contributed by atoms with Crippen LogP contribution in [0.2, 0.25) is 0 Å². The van der Waals surface area contributed by atoms with Gasteiger partial charge in [0.05, 0.1) is 36.2 Å². The Hall–Kier alpha value is -2.26. The van der Waals surface area contributed by atoms with Gasteiger partial charge in [-0.2, -0.15) is 16.8 Å². The van der Waals surface area contributed by atoms with Crippen LogP contribution in [-0.2, 0) is 38.1 Å². The van der Waals surface area contributed by atoms with Crippen LogP contribution in [-0.4, -0.2) is 49.6 Å². The van der Waals surface area contributed by atoms with E-state index in [1.807, 2.05) is 13.8 Å². The van der Waals surface area contributed by atoms with Crippen LogP contribution in [0.3, 0.4) is 0 Å². The van der Waals surface area contributed by atoms with E-state index in [0.717, 1.165) is 11.1 Å².